The topological polar surface area (TPSA) is 75.7 Å². The van der Waals surface area contributed by atoms with E-state index < -0.39 is 5.97 Å². The molecule has 3 rings (SSSR count). The van der Waals surface area contributed by atoms with Gasteiger partial charge in [-0.1, -0.05) is 32.0 Å². The van der Waals surface area contributed by atoms with Crippen molar-refractivity contribution in [2.24, 2.45) is 0 Å². The molecule has 152 valence electrons. The second kappa shape index (κ2) is 8.21. The number of nitrogens with zero attached hydrogens (tertiary/aromatic N) is 1. The van der Waals surface area contributed by atoms with E-state index in [4.69, 9.17) is 4.74 Å². The van der Waals surface area contributed by atoms with Crippen LogP contribution in [0.5, 0.6) is 0 Å². The molecule has 7 heteroatoms. The third-order valence-electron chi connectivity index (χ3n) is 4.97. The Morgan fingerprint density at radius 3 is 2.55 bits per heavy atom. The first-order valence-electron chi connectivity index (χ1n) is 9.28. The zero-order valence-corrected chi connectivity index (χ0v) is 17.8. The minimum atomic E-state index is -0.652. The minimum absolute atomic E-state index is 0.281. The van der Waals surface area contributed by atoms with Gasteiger partial charge in [0.25, 0.3) is 5.91 Å². The van der Waals surface area contributed by atoms with Crippen molar-refractivity contribution in [3.05, 3.63) is 63.5 Å². The van der Waals surface area contributed by atoms with Gasteiger partial charge in [-0.05, 0) is 30.7 Å². The second-order valence-corrected chi connectivity index (χ2v) is 8.74. The van der Waals surface area contributed by atoms with E-state index in [1.807, 2.05) is 43.1 Å². The highest BCUT2D eigenvalue weighted by molar-refractivity contribution is 7.13. The highest BCUT2D eigenvalue weighted by atomic mass is 32.1. The van der Waals surface area contributed by atoms with Crippen LogP contribution in [0.2, 0.25) is 0 Å². The number of rotatable bonds is 6. The zero-order chi connectivity index (χ0) is 21.2. The molecule has 29 heavy (non-hydrogen) atoms. The second-order valence-electron chi connectivity index (χ2n) is 7.45. The summed E-state index contributed by atoms with van der Waals surface area (Å²) in [6, 6.07) is 11.5. The number of hydrogen-bond acceptors (Lipinski definition) is 6. The van der Waals surface area contributed by atoms with Crippen LogP contribution in [-0.4, -0.2) is 37.9 Å². The molecule has 1 amide bonds. The van der Waals surface area contributed by atoms with Crippen LogP contribution in [0.15, 0.2) is 48.2 Å². The lowest BCUT2D eigenvalue weighted by atomic mass is 9.83. The smallest absolute Gasteiger partial charge is 0.325 e. The number of likely N-dealkylation sites (N-methyl/N-ethyl adjacent to an activating group) is 1. The number of amides is 1. The van der Waals surface area contributed by atoms with E-state index in [-0.39, 0.29) is 30.3 Å². The van der Waals surface area contributed by atoms with Crippen LogP contribution in [0.4, 0.5) is 5.69 Å². The van der Waals surface area contributed by atoms with Crippen LogP contribution in [0.3, 0.4) is 0 Å². The Hall–Kier alpha value is -2.93. The molecule has 1 aromatic carbocycles. The average Bonchev–Trinajstić information content (AvgIpc) is 3.20. The molecule has 0 radical (unpaired) electrons. The van der Waals surface area contributed by atoms with E-state index >= 15 is 0 Å². The molecule has 1 N–H and O–H groups in total. The van der Waals surface area contributed by atoms with Crippen LogP contribution < -0.4 is 10.2 Å². The monoisotopic (exact) mass is 412 g/mol. The number of thiophene rings is 1. The van der Waals surface area contributed by atoms with E-state index in [1.54, 1.807) is 6.07 Å². The number of para-hydroxylation sites is 1. The summed E-state index contributed by atoms with van der Waals surface area (Å²) < 4.78 is 5.02. The molecule has 2 aromatic rings. The number of ether oxygens (including phenoxy) is 1. The summed E-state index contributed by atoms with van der Waals surface area (Å²) in [5.41, 5.74) is 2.73. The SMILES string of the molecule is Cc1ccc(C(=O)NCC(=O)OCC(=O)/C=C2\N(C)c3ccccc3C2(C)C)s1. The number of hydrogen-bond donors (Lipinski definition) is 1. The number of carbonyl (C=O) groups excluding carboxylic acids is 3. The highest BCUT2D eigenvalue weighted by Crippen LogP contribution is 2.46. The molecule has 0 saturated carbocycles. The number of allylic oxidation sites excluding steroid dienone is 1. The van der Waals surface area contributed by atoms with Gasteiger partial charge in [0.05, 0.1) is 4.88 Å². The van der Waals surface area contributed by atoms with Crippen LogP contribution in [-0.2, 0) is 19.7 Å². The van der Waals surface area contributed by atoms with E-state index in [0.717, 1.165) is 21.8 Å². The summed E-state index contributed by atoms with van der Waals surface area (Å²) in [6.45, 7) is 5.37. The first kappa shape index (κ1) is 20.8. The van der Waals surface area contributed by atoms with Crippen LogP contribution in [0.25, 0.3) is 0 Å². The van der Waals surface area contributed by atoms with Gasteiger partial charge >= 0.3 is 5.97 Å². The largest absolute Gasteiger partial charge is 0.456 e. The summed E-state index contributed by atoms with van der Waals surface area (Å²) >= 11 is 1.35. The van der Waals surface area contributed by atoms with Gasteiger partial charge in [-0.3, -0.25) is 14.4 Å². The Bertz CT molecular complexity index is 990. The Morgan fingerprint density at radius 1 is 1.17 bits per heavy atom. The number of benzene rings is 1. The lowest BCUT2D eigenvalue weighted by Crippen LogP contribution is -2.31. The van der Waals surface area contributed by atoms with Crippen LogP contribution in [0.1, 0.15) is 34.0 Å². The third kappa shape index (κ3) is 4.40. The summed E-state index contributed by atoms with van der Waals surface area (Å²) in [6.07, 6.45) is 1.53. The molecule has 0 spiro atoms. The van der Waals surface area contributed by atoms with Crippen molar-refractivity contribution in [1.29, 1.82) is 0 Å². The van der Waals surface area contributed by atoms with E-state index in [1.165, 1.54) is 17.4 Å². The summed E-state index contributed by atoms with van der Waals surface area (Å²) in [5.74, 6) is -1.29. The average molecular weight is 413 g/mol. The highest BCUT2D eigenvalue weighted by Gasteiger charge is 2.38. The van der Waals surface area contributed by atoms with Crippen LogP contribution in [0, 0.1) is 6.92 Å². The van der Waals surface area contributed by atoms with Crippen molar-refractivity contribution in [2.75, 3.05) is 25.1 Å². The van der Waals surface area contributed by atoms with Crippen molar-refractivity contribution in [2.45, 2.75) is 26.2 Å². The molecule has 0 aliphatic carbocycles. The van der Waals surface area contributed by atoms with Crippen molar-refractivity contribution in [3.8, 4) is 0 Å². The quantitative estimate of drug-likeness (QED) is 0.582. The lowest BCUT2D eigenvalue weighted by Gasteiger charge is -2.23. The lowest BCUT2D eigenvalue weighted by molar-refractivity contribution is -0.145. The Kier molecular flexibility index (Phi) is 5.88. The minimum Gasteiger partial charge on any atom is -0.456 e. The van der Waals surface area contributed by atoms with Gasteiger partial charge in [0.1, 0.15) is 6.54 Å². The van der Waals surface area contributed by atoms with E-state index in [0.29, 0.717) is 4.88 Å². The first-order valence-corrected chi connectivity index (χ1v) is 10.1. The summed E-state index contributed by atoms with van der Waals surface area (Å²) in [7, 11) is 1.92. The Morgan fingerprint density at radius 2 is 1.90 bits per heavy atom. The fourth-order valence-electron chi connectivity index (χ4n) is 3.45. The summed E-state index contributed by atoms with van der Waals surface area (Å²) in [4.78, 5) is 39.7. The van der Waals surface area contributed by atoms with Gasteiger partial charge in [-0.2, -0.15) is 0 Å². The molecule has 6 nitrogen and oxygen atoms in total. The molecule has 0 fully saturated rings. The molecular weight excluding hydrogens is 388 g/mol. The van der Waals surface area contributed by atoms with Gasteiger partial charge in [0.2, 0.25) is 0 Å². The predicted molar refractivity (Wildman–Crippen MR) is 113 cm³/mol. The molecule has 0 unspecified atom stereocenters. The van der Waals surface area contributed by atoms with Gasteiger partial charge < -0.3 is 15.0 Å². The molecule has 0 bridgehead atoms. The van der Waals surface area contributed by atoms with E-state index in [9.17, 15) is 14.4 Å². The summed E-state index contributed by atoms with van der Waals surface area (Å²) in [5, 5.41) is 2.50. The number of ketones is 1. The molecule has 0 atom stereocenters. The van der Waals surface area contributed by atoms with Gasteiger partial charge in [-0.25, -0.2) is 0 Å². The molecule has 0 saturated heterocycles. The number of fused-ring (bicyclic) bond motifs is 1. The van der Waals surface area contributed by atoms with Crippen molar-refractivity contribution >= 4 is 34.7 Å². The maximum Gasteiger partial charge on any atom is 0.325 e. The zero-order valence-electron chi connectivity index (χ0n) is 16.9. The number of aryl methyl sites for hydroxylation is 1. The molecule has 1 aliphatic rings. The van der Waals surface area contributed by atoms with Crippen LogP contribution >= 0.6 is 11.3 Å². The molecule has 2 heterocycles. The molecular formula is C22H24N2O4S. The predicted octanol–water partition coefficient (Wildman–Crippen LogP) is 3.21. The standard InChI is InChI=1S/C22H24N2O4S/c1-14-9-10-18(29-14)21(27)23-12-20(26)28-13-15(25)11-19-22(2,3)16-7-5-6-8-17(16)24(19)4/h5-11H,12-13H2,1-4H3,(H,23,27)/b19-11-. The maximum atomic E-state index is 12.4. The van der Waals surface area contributed by atoms with Crippen molar-refractivity contribution in [1.82, 2.24) is 5.32 Å². The van der Waals surface area contributed by atoms with E-state index in [2.05, 4.69) is 25.2 Å². The van der Waals surface area contributed by atoms with Gasteiger partial charge in [0, 0.05) is 34.8 Å². The third-order valence-corrected chi connectivity index (χ3v) is 5.97. The first-order chi connectivity index (χ1) is 13.7. The maximum absolute atomic E-state index is 12.4. The van der Waals surface area contributed by atoms with Crippen molar-refractivity contribution < 1.29 is 19.1 Å². The van der Waals surface area contributed by atoms with Gasteiger partial charge in [-0.15, -0.1) is 11.3 Å². The number of nitrogens with one attached hydrogen (secondary N) is 1. The molecule has 1 aromatic heterocycles. The fourth-order valence-corrected chi connectivity index (χ4v) is 4.24. The molecule has 1 aliphatic heterocycles. The van der Waals surface area contributed by atoms with Crippen molar-refractivity contribution in [3.63, 3.8) is 0 Å². The number of esters is 1. The normalized spacial score (nSPS) is 15.9. The fraction of sp³-hybridized carbons (Fsp3) is 0.318. The number of anilines is 1. The Labute approximate surface area is 174 Å². The van der Waals surface area contributed by atoms with Gasteiger partial charge in [0.15, 0.2) is 12.4 Å². The Balaban J connectivity index is 1.54. The number of carbonyl (C=O) groups is 3.